The lowest BCUT2D eigenvalue weighted by Gasteiger charge is -2.26. The molecule has 2 aromatic carbocycles. The maximum atomic E-state index is 13.9. The van der Waals surface area contributed by atoms with Crippen molar-refractivity contribution in [2.45, 2.75) is 31.4 Å². The highest BCUT2D eigenvalue weighted by Gasteiger charge is 2.27. The standard InChI is InChI=1S/C21H23F2N3O4S/c1-2-7-26-19-5-4-16(31(27,28)25-8-10-29-11-9-25)13-18(19)24-21(26)14-30-20-6-3-15(22)12-17(20)23/h3-6,12-13H,2,7-11,14H2,1H3. The van der Waals surface area contributed by atoms with Gasteiger partial charge in [0.05, 0.1) is 29.1 Å². The van der Waals surface area contributed by atoms with E-state index in [0.29, 0.717) is 44.2 Å². The predicted molar refractivity (Wildman–Crippen MR) is 110 cm³/mol. The van der Waals surface area contributed by atoms with Crippen molar-refractivity contribution in [2.75, 3.05) is 26.3 Å². The first-order chi connectivity index (χ1) is 14.9. The Morgan fingerprint density at radius 2 is 1.90 bits per heavy atom. The van der Waals surface area contributed by atoms with Crippen molar-refractivity contribution in [1.82, 2.24) is 13.9 Å². The number of hydrogen-bond acceptors (Lipinski definition) is 5. The van der Waals surface area contributed by atoms with E-state index in [4.69, 9.17) is 9.47 Å². The summed E-state index contributed by atoms with van der Waals surface area (Å²) >= 11 is 0. The van der Waals surface area contributed by atoms with Crippen LogP contribution in [0, 0.1) is 11.6 Å². The van der Waals surface area contributed by atoms with E-state index in [2.05, 4.69) is 4.98 Å². The Bertz CT molecular complexity index is 1190. The number of aromatic nitrogens is 2. The zero-order chi connectivity index (χ0) is 22.0. The molecule has 0 amide bonds. The number of rotatable bonds is 7. The molecule has 0 saturated carbocycles. The molecule has 166 valence electrons. The minimum atomic E-state index is -3.65. The summed E-state index contributed by atoms with van der Waals surface area (Å²) in [4.78, 5) is 4.71. The van der Waals surface area contributed by atoms with Crippen LogP contribution in [0.5, 0.6) is 5.75 Å². The second-order valence-electron chi connectivity index (χ2n) is 7.21. The molecule has 3 aromatic rings. The number of sulfonamides is 1. The highest BCUT2D eigenvalue weighted by Crippen LogP contribution is 2.25. The van der Waals surface area contributed by atoms with Gasteiger partial charge in [-0.25, -0.2) is 22.2 Å². The Morgan fingerprint density at radius 3 is 2.61 bits per heavy atom. The van der Waals surface area contributed by atoms with Crippen LogP contribution in [-0.2, 0) is 27.9 Å². The van der Waals surface area contributed by atoms with Crippen LogP contribution in [0.25, 0.3) is 11.0 Å². The second-order valence-corrected chi connectivity index (χ2v) is 9.15. The van der Waals surface area contributed by atoms with Gasteiger partial charge >= 0.3 is 0 Å². The van der Waals surface area contributed by atoms with Gasteiger partial charge in [-0.3, -0.25) is 0 Å². The minimum Gasteiger partial charge on any atom is -0.483 e. The molecular formula is C21H23F2N3O4S. The molecule has 0 unspecified atom stereocenters. The summed E-state index contributed by atoms with van der Waals surface area (Å²) in [6, 6.07) is 7.96. The Morgan fingerprint density at radius 1 is 1.13 bits per heavy atom. The number of aryl methyl sites for hydroxylation is 1. The van der Waals surface area contributed by atoms with Gasteiger partial charge in [-0.2, -0.15) is 4.31 Å². The van der Waals surface area contributed by atoms with E-state index in [1.807, 2.05) is 11.5 Å². The molecule has 1 saturated heterocycles. The molecule has 0 radical (unpaired) electrons. The summed E-state index contributed by atoms with van der Waals surface area (Å²) in [6.45, 7) is 3.97. The van der Waals surface area contributed by atoms with Crippen molar-refractivity contribution >= 4 is 21.1 Å². The van der Waals surface area contributed by atoms with Gasteiger partial charge in [-0.15, -0.1) is 0 Å². The highest BCUT2D eigenvalue weighted by atomic mass is 32.2. The Hall–Kier alpha value is -2.56. The van der Waals surface area contributed by atoms with Crippen LogP contribution >= 0.6 is 0 Å². The van der Waals surface area contributed by atoms with E-state index < -0.39 is 21.7 Å². The molecule has 0 bridgehead atoms. The quantitative estimate of drug-likeness (QED) is 0.551. The maximum Gasteiger partial charge on any atom is 0.243 e. The van der Waals surface area contributed by atoms with Crippen molar-refractivity contribution in [1.29, 1.82) is 0 Å². The Balaban J connectivity index is 1.65. The molecular weight excluding hydrogens is 428 g/mol. The number of ether oxygens (including phenoxy) is 2. The number of imidazole rings is 1. The molecule has 4 rings (SSSR count). The third kappa shape index (κ3) is 4.41. The van der Waals surface area contributed by atoms with Gasteiger partial charge in [-0.1, -0.05) is 6.92 Å². The van der Waals surface area contributed by atoms with Gasteiger partial charge in [0.2, 0.25) is 10.0 Å². The van der Waals surface area contributed by atoms with Crippen LogP contribution in [0.1, 0.15) is 19.2 Å². The summed E-state index contributed by atoms with van der Waals surface area (Å²) in [7, 11) is -3.65. The summed E-state index contributed by atoms with van der Waals surface area (Å²) < 4.78 is 67.0. The molecule has 10 heteroatoms. The molecule has 0 N–H and O–H groups in total. The lowest BCUT2D eigenvalue weighted by molar-refractivity contribution is 0.0730. The van der Waals surface area contributed by atoms with Crippen LogP contribution < -0.4 is 4.74 Å². The maximum absolute atomic E-state index is 13.9. The van der Waals surface area contributed by atoms with Crippen molar-refractivity contribution in [3.8, 4) is 5.75 Å². The second kappa shape index (κ2) is 8.89. The topological polar surface area (TPSA) is 73.7 Å². The molecule has 1 fully saturated rings. The number of morpholine rings is 1. The number of hydrogen-bond donors (Lipinski definition) is 0. The number of nitrogens with zero attached hydrogens (tertiary/aromatic N) is 3. The van der Waals surface area contributed by atoms with Gasteiger partial charge in [-0.05, 0) is 36.8 Å². The van der Waals surface area contributed by atoms with Crippen molar-refractivity contribution in [2.24, 2.45) is 0 Å². The van der Waals surface area contributed by atoms with Crippen molar-refractivity contribution in [3.05, 3.63) is 53.9 Å². The van der Waals surface area contributed by atoms with E-state index in [1.54, 1.807) is 18.2 Å². The van der Waals surface area contributed by atoms with Crippen LogP contribution in [0.3, 0.4) is 0 Å². The van der Waals surface area contributed by atoms with Crippen molar-refractivity contribution < 1.29 is 26.7 Å². The van der Waals surface area contributed by atoms with E-state index in [9.17, 15) is 17.2 Å². The predicted octanol–water partition coefficient (Wildman–Crippen LogP) is 3.32. The fraction of sp³-hybridized carbons (Fsp3) is 0.381. The summed E-state index contributed by atoms with van der Waals surface area (Å²) in [5, 5.41) is 0. The molecule has 1 aliphatic rings. The fourth-order valence-electron chi connectivity index (χ4n) is 3.57. The third-order valence-corrected chi connectivity index (χ3v) is 7.00. The average Bonchev–Trinajstić information content (AvgIpc) is 3.11. The average molecular weight is 451 g/mol. The summed E-state index contributed by atoms with van der Waals surface area (Å²) in [5.74, 6) is -1.03. The smallest absolute Gasteiger partial charge is 0.243 e. The number of fused-ring (bicyclic) bond motifs is 1. The van der Waals surface area contributed by atoms with Crippen LogP contribution in [0.2, 0.25) is 0 Å². The molecule has 31 heavy (non-hydrogen) atoms. The lowest BCUT2D eigenvalue weighted by atomic mass is 10.3. The molecule has 1 aliphatic heterocycles. The van der Waals surface area contributed by atoms with Gasteiger partial charge in [0.1, 0.15) is 18.2 Å². The molecule has 1 aromatic heterocycles. The largest absolute Gasteiger partial charge is 0.483 e. The Kier molecular flexibility index (Phi) is 6.22. The Labute approximate surface area is 179 Å². The monoisotopic (exact) mass is 451 g/mol. The molecule has 0 spiro atoms. The first-order valence-corrected chi connectivity index (χ1v) is 11.5. The van der Waals surface area contributed by atoms with Crippen LogP contribution in [0.4, 0.5) is 8.78 Å². The third-order valence-electron chi connectivity index (χ3n) is 5.10. The van der Waals surface area contributed by atoms with Crippen LogP contribution in [0.15, 0.2) is 41.3 Å². The van der Waals surface area contributed by atoms with E-state index in [-0.39, 0.29) is 17.3 Å². The molecule has 0 atom stereocenters. The van der Waals surface area contributed by atoms with E-state index >= 15 is 0 Å². The van der Waals surface area contributed by atoms with Gasteiger partial charge in [0.15, 0.2) is 11.6 Å². The zero-order valence-electron chi connectivity index (χ0n) is 17.1. The van der Waals surface area contributed by atoms with Gasteiger partial charge < -0.3 is 14.0 Å². The number of halogens is 2. The highest BCUT2D eigenvalue weighted by molar-refractivity contribution is 7.89. The first-order valence-electron chi connectivity index (χ1n) is 10.0. The van der Waals surface area contributed by atoms with Gasteiger partial charge in [0, 0.05) is 25.7 Å². The normalized spacial score (nSPS) is 15.5. The molecule has 7 nitrogen and oxygen atoms in total. The van der Waals surface area contributed by atoms with Crippen molar-refractivity contribution in [3.63, 3.8) is 0 Å². The van der Waals surface area contributed by atoms with E-state index in [0.717, 1.165) is 24.1 Å². The molecule has 0 aliphatic carbocycles. The van der Waals surface area contributed by atoms with Gasteiger partial charge in [0.25, 0.3) is 0 Å². The fourth-order valence-corrected chi connectivity index (χ4v) is 5.00. The SMILES string of the molecule is CCCn1c(COc2ccc(F)cc2F)nc2cc(S(=O)(=O)N3CCOCC3)ccc21. The van der Waals surface area contributed by atoms with Crippen LogP contribution in [-0.4, -0.2) is 48.6 Å². The van der Waals surface area contributed by atoms with E-state index in [1.165, 1.54) is 10.4 Å². The zero-order valence-corrected chi connectivity index (χ0v) is 17.9. The summed E-state index contributed by atoms with van der Waals surface area (Å²) in [6.07, 6.45) is 0.817. The first kappa shape index (κ1) is 21.7. The summed E-state index contributed by atoms with van der Waals surface area (Å²) in [5.41, 5.74) is 1.28. The lowest BCUT2D eigenvalue weighted by Crippen LogP contribution is -2.40. The molecule has 2 heterocycles. The minimum absolute atomic E-state index is 0.0389. The number of benzene rings is 2.